The third-order valence-corrected chi connectivity index (χ3v) is 3.50. The maximum Gasteiger partial charge on any atom is 0.469 e. The highest BCUT2D eigenvalue weighted by Crippen LogP contribution is 2.36. The predicted molar refractivity (Wildman–Crippen MR) is 77.4 cm³/mol. The van der Waals surface area contributed by atoms with Gasteiger partial charge in [-0.1, -0.05) is 46.0 Å². The fourth-order valence-electron chi connectivity index (χ4n) is 1.85. The Labute approximate surface area is 121 Å². The van der Waals surface area contributed by atoms with Crippen LogP contribution in [0.5, 0.6) is 0 Å². The summed E-state index contributed by atoms with van der Waals surface area (Å²) in [5.41, 5.74) is 0. The molecule has 0 radical (unpaired) electrons. The topological polar surface area (TPSA) is 96.2 Å². The summed E-state index contributed by atoms with van der Waals surface area (Å²) in [4.78, 5) is 17.3. The predicted octanol–water partition coefficient (Wildman–Crippen LogP) is 2.61. The summed E-state index contributed by atoms with van der Waals surface area (Å²) in [6.45, 7) is 4.33. The van der Waals surface area contributed by atoms with Crippen molar-refractivity contribution in [1.29, 1.82) is 0 Å². The molecule has 0 bridgehead atoms. The van der Waals surface area contributed by atoms with Crippen LogP contribution < -0.4 is 0 Å². The molecule has 2 unspecified atom stereocenters. The monoisotopic (exact) mass is 312 g/mol. The van der Waals surface area contributed by atoms with Crippen LogP contribution in [-0.2, 0) is 13.8 Å². The van der Waals surface area contributed by atoms with Crippen molar-refractivity contribution in [1.82, 2.24) is 0 Å². The van der Waals surface area contributed by atoms with Gasteiger partial charge < -0.3 is 19.6 Å². The number of ether oxygens (including phenoxy) is 1. The van der Waals surface area contributed by atoms with Gasteiger partial charge in [0.1, 0.15) is 6.10 Å². The molecular weight excluding hydrogens is 283 g/mol. The molecule has 0 amide bonds. The van der Waals surface area contributed by atoms with E-state index in [0.29, 0.717) is 13.0 Å². The van der Waals surface area contributed by atoms with Gasteiger partial charge in [-0.15, -0.1) is 0 Å². The molecule has 0 spiro atoms. The minimum absolute atomic E-state index is 0.408. The van der Waals surface area contributed by atoms with Gasteiger partial charge in [0.2, 0.25) is 0 Å². The number of rotatable bonds is 13. The number of phosphoric ester groups is 1. The van der Waals surface area contributed by atoms with Gasteiger partial charge in [0.15, 0.2) is 0 Å². The van der Waals surface area contributed by atoms with Crippen LogP contribution >= 0.6 is 7.82 Å². The second kappa shape index (κ2) is 11.7. The fraction of sp³-hybridized carbons (Fsp3) is 1.00. The van der Waals surface area contributed by atoms with E-state index >= 15 is 0 Å². The van der Waals surface area contributed by atoms with E-state index < -0.39 is 26.6 Å². The lowest BCUT2D eigenvalue weighted by atomic mass is 10.1. The molecule has 3 N–H and O–H groups in total. The van der Waals surface area contributed by atoms with Crippen molar-refractivity contribution in [2.75, 3.05) is 13.2 Å². The van der Waals surface area contributed by atoms with E-state index in [0.717, 1.165) is 38.5 Å². The van der Waals surface area contributed by atoms with Gasteiger partial charge in [-0.05, 0) is 12.8 Å². The van der Waals surface area contributed by atoms with Crippen molar-refractivity contribution in [2.45, 2.75) is 71.0 Å². The normalized spacial score (nSPS) is 15.2. The first-order valence-electron chi connectivity index (χ1n) is 7.40. The average molecular weight is 312 g/mol. The second-order valence-electron chi connectivity index (χ2n) is 4.97. The van der Waals surface area contributed by atoms with Crippen molar-refractivity contribution in [3.63, 3.8) is 0 Å². The first-order valence-corrected chi connectivity index (χ1v) is 8.93. The van der Waals surface area contributed by atoms with E-state index in [1.165, 1.54) is 0 Å². The Morgan fingerprint density at radius 2 is 1.65 bits per heavy atom. The van der Waals surface area contributed by atoms with Crippen molar-refractivity contribution < 1.29 is 28.7 Å². The van der Waals surface area contributed by atoms with Crippen molar-refractivity contribution in [2.24, 2.45) is 0 Å². The lowest BCUT2D eigenvalue weighted by molar-refractivity contribution is -0.0619. The molecule has 0 aliphatic heterocycles. The zero-order valence-corrected chi connectivity index (χ0v) is 13.4. The van der Waals surface area contributed by atoms with Crippen LogP contribution in [0.1, 0.15) is 58.8 Å². The minimum Gasteiger partial charge on any atom is -0.388 e. The van der Waals surface area contributed by atoms with Crippen LogP contribution in [-0.4, -0.2) is 40.3 Å². The van der Waals surface area contributed by atoms with Crippen LogP contribution in [0.3, 0.4) is 0 Å². The zero-order valence-electron chi connectivity index (χ0n) is 12.5. The summed E-state index contributed by atoms with van der Waals surface area (Å²) >= 11 is 0. The summed E-state index contributed by atoms with van der Waals surface area (Å²) in [6.07, 6.45) is 5.34. The molecule has 0 rings (SSSR count). The Hall–Kier alpha value is 0.0300. The minimum atomic E-state index is -4.54. The number of hydrogen-bond donors (Lipinski definition) is 3. The molecule has 0 heterocycles. The highest BCUT2D eigenvalue weighted by Gasteiger charge is 2.24. The molecule has 0 aromatic carbocycles. The van der Waals surface area contributed by atoms with Gasteiger partial charge >= 0.3 is 7.82 Å². The average Bonchev–Trinajstić information content (AvgIpc) is 2.38. The van der Waals surface area contributed by atoms with E-state index in [2.05, 4.69) is 18.4 Å². The largest absolute Gasteiger partial charge is 0.469 e. The molecule has 7 heteroatoms. The SMILES string of the molecule is CCCCCOC(CCCCC)C(O)COP(=O)(O)O. The first kappa shape index (κ1) is 20.0. The first-order chi connectivity index (χ1) is 9.40. The molecule has 0 saturated heterocycles. The Morgan fingerprint density at radius 1 is 1.05 bits per heavy atom. The van der Waals surface area contributed by atoms with E-state index in [1.54, 1.807) is 0 Å². The third-order valence-electron chi connectivity index (χ3n) is 3.01. The van der Waals surface area contributed by atoms with Crippen LogP contribution in [0.2, 0.25) is 0 Å². The van der Waals surface area contributed by atoms with E-state index in [1.807, 2.05) is 0 Å². The fourth-order valence-corrected chi connectivity index (χ4v) is 2.20. The van der Waals surface area contributed by atoms with Crippen LogP contribution in [0, 0.1) is 0 Å². The zero-order chi connectivity index (χ0) is 15.4. The van der Waals surface area contributed by atoms with Gasteiger partial charge in [-0.25, -0.2) is 4.57 Å². The van der Waals surface area contributed by atoms with Crippen molar-refractivity contribution >= 4 is 7.82 Å². The molecule has 0 fully saturated rings. The molecule has 122 valence electrons. The van der Waals surface area contributed by atoms with Crippen molar-refractivity contribution in [3.8, 4) is 0 Å². The van der Waals surface area contributed by atoms with Gasteiger partial charge in [-0.2, -0.15) is 0 Å². The Bertz CT molecular complexity index is 268. The lowest BCUT2D eigenvalue weighted by Crippen LogP contribution is -2.33. The highest BCUT2D eigenvalue weighted by atomic mass is 31.2. The smallest absolute Gasteiger partial charge is 0.388 e. The number of hydrogen-bond acceptors (Lipinski definition) is 4. The summed E-state index contributed by atoms with van der Waals surface area (Å²) in [6, 6.07) is 0. The molecule has 0 aliphatic rings. The van der Waals surface area contributed by atoms with Gasteiger partial charge in [0, 0.05) is 6.61 Å². The molecule has 0 aromatic heterocycles. The number of phosphoric acid groups is 1. The molecule has 0 saturated carbocycles. The summed E-state index contributed by atoms with van der Waals surface area (Å²) in [5.74, 6) is 0. The van der Waals surface area contributed by atoms with Gasteiger partial charge in [0.05, 0.1) is 12.7 Å². The summed E-state index contributed by atoms with van der Waals surface area (Å²) in [5, 5.41) is 9.93. The standard InChI is InChI=1S/C13H29O6P/c1-3-5-7-9-13(18-10-8-6-4-2)12(14)11-19-20(15,16)17/h12-14H,3-11H2,1-2H3,(H2,15,16,17). The molecule has 20 heavy (non-hydrogen) atoms. The molecule has 2 atom stereocenters. The number of unbranched alkanes of at least 4 members (excludes halogenated alkanes) is 4. The lowest BCUT2D eigenvalue weighted by Gasteiger charge is -2.23. The third kappa shape index (κ3) is 11.8. The Kier molecular flexibility index (Phi) is 11.7. The van der Waals surface area contributed by atoms with Crippen LogP contribution in [0.25, 0.3) is 0 Å². The maximum atomic E-state index is 10.6. The van der Waals surface area contributed by atoms with E-state index in [-0.39, 0.29) is 0 Å². The Morgan fingerprint density at radius 3 is 2.20 bits per heavy atom. The van der Waals surface area contributed by atoms with E-state index in [4.69, 9.17) is 14.5 Å². The van der Waals surface area contributed by atoms with Gasteiger partial charge in [-0.3, -0.25) is 4.52 Å². The summed E-state index contributed by atoms with van der Waals surface area (Å²) in [7, 11) is -4.54. The molecule has 0 aromatic rings. The quantitative estimate of drug-likeness (QED) is 0.357. The second-order valence-corrected chi connectivity index (χ2v) is 6.21. The molecule has 0 aliphatic carbocycles. The van der Waals surface area contributed by atoms with Crippen molar-refractivity contribution in [3.05, 3.63) is 0 Å². The highest BCUT2D eigenvalue weighted by molar-refractivity contribution is 7.46. The molecular formula is C13H29O6P. The van der Waals surface area contributed by atoms with Crippen LogP contribution in [0.15, 0.2) is 0 Å². The molecule has 6 nitrogen and oxygen atoms in total. The van der Waals surface area contributed by atoms with Crippen LogP contribution in [0.4, 0.5) is 0 Å². The maximum absolute atomic E-state index is 10.6. The Balaban J connectivity index is 4.15. The summed E-state index contributed by atoms with van der Waals surface area (Å²) < 4.78 is 20.6. The van der Waals surface area contributed by atoms with E-state index in [9.17, 15) is 9.67 Å². The number of aliphatic hydroxyl groups is 1. The number of aliphatic hydroxyl groups excluding tert-OH is 1. The van der Waals surface area contributed by atoms with Gasteiger partial charge in [0.25, 0.3) is 0 Å².